The van der Waals surface area contributed by atoms with E-state index < -0.39 is 0 Å². The van der Waals surface area contributed by atoms with Crippen LogP contribution in [0.2, 0.25) is 0 Å². The second-order valence-electron chi connectivity index (χ2n) is 3.18. The molecule has 5 nitrogen and oxygen atoms in total. The van der Waals surface area contributed by atoms with Gasteiger partial charge in [0.15, 0.2) is 0 Å². The lowest BCUT2D eigenvalue weighted by Gasteiger charge is -2.02. The van der Waals surface area contributed by atoms with E-state index in [-0.39, 0.29) is 0 Å². The second-order valence-corrected chi connectivity index (χ2v) is 3.18. The van der Waals surface area contributed by atoms with E-state index in [1.807, 2.05) is 37.1 Å². The zero-order valence-corrected chi connectivity index (χ0v) is 8.31. The van der Waals surface area contributed by atoms with E-state index in [2.05, 4.69) is 15.4 Å². The summed E-state index contributed by atoms with van der Waals surface area (Å²) in [4.78, 5) is 4.20. The first-order valence-electron chi connectivity index (χ1n) is 4.45. The molecule has 0 fully saturated rings. The zero-order chi connectivity index (χ0) is 9.97. The van der Waals surface area contributed by atoms with Crippen LogP contribution in [0.25, 0.3) is 0 Å². The Morgan fingerprint density at radius 1 is 1.36 bits per heavy atom. The third-order valence-electron chi connectivity index (χ3n) is 2.06. The number of hydrogen-bond acceptors (Lipinski definition) is 3. The van der Waals surface area contributed by atoms with Crippen molar-refractivity contribution >= 4 is 5.82 Å². The Hall–Kier alpha value is -1.78. The summed E-state index contributed by atoms with van der Waals surface area (Å²) < 4.78 is 3.75. The Labute approximate surface area is 82.4 Å². The number of aryl methyl sites for hydroxylation is 2. The first kappa shape index (κ1) is 8.80. The van der Waals surface area contributed by atoms with Gasteiger partial charge in [-0.3, -0.25) is 4.68 Å². The van der Waals surface area contributed by atoms with Gasteiger partial charge in [0.1, 0.15) is 11.6 Å². The van der Waals surface area contributed by atoms with E-state index in [4.69, 9.17) is 0 Å². The van der Waals surface area contributed by atoms with Crippen molar-refractivity contribution in [2.45, 2.75) is 6.54 Å². The maximum Gasteiger partial charge on any atom is 0.148 e. The predicted molar refractivity (Wildman–Crippen MR) is 53.7 cm³/mol. The Kier molecular flexibility index (Phi) is 2.22. The SMILES string of the molecule is Cn1ccc(NCc2nccn2C)n1. The number of rotatable bonds is 3. The number of imidazole rings is 1. The summed E-state index contributed by atoms with van der Waals surface area (Å²) in [6, 6.07) is 1.93. The molecule has 1 N–H and O–H groups in total. The molecule has 14 heavy (non-hydrogen) atoms. The van der Waals surface area contributed by atoms with E-state index >= 15 is 0 Å². The molecule has 0 aliphatic rings. The fourth-order valence-electron chi connectivity index (χ4n) is 1.25. The minimum absolute atomic E-state index is 0.695. The van der Waals surface area contributed by atoms with Gasteiger partial charge in [-0.1, -0.05) is 0 Å². The first-order chi connectivity index (χ1) is 6.75. The van der Waals surface area contributed by atoms with Crippen LogP contribution in [0.3, 0.4) is 0 Å². The van der Waals surface area contributed by atoms with Gasteiger partial charge in [-0.05, 0) is 0 Å². The lowest BCUT2D eigenvalue weighted by Crippen LogP contribution is -2.06. The highest BCUT2D eigenvalue weighted by Crippen LogP contribution is 2.03. The normalized spacial score (nSPS) is 10.4. The van der Waals surface area contributed by atoms with E-state index in [1.165, 1.54) is 0 Å². The summed E-state index contributed by atoms with van der Waals surface area (Å²) in [5, 5.41) is 7.40. The van der Waals surface area contributed by atoms with Crippen LogP contribution >= 0.6 is 0 Å². The van der Waals surface area contributed by atoms with Gasteiger partial charge in [0.25, 0.3) is 0 Å². The molecule has 0 saturated heterocycles. The quantitative estimate of drug-likeness (QED) is 0.779. The lowest BCUT2D eigenvalue weighted by molar-refractivity contribution is 0.762. The van der Waals surface area contributed by atoms with Crippen molar-refractivity contribution in [1.29, 1.82) is 0 Å². The molecule has 0 aliphatic heterocycles. The van der Waals surface area contributed by atoms with E-state index in [1.54, 1.807) is 10.9 Å². The van der Waals surface area contributed by atoms with Gasteiger partial charge in [-0.25, -0.2) is 4.98 Å². The maximum absolute atomic E-state index is 4.21. The Bertz CT molecular complexity index is 414. The fraction of sp³-hybridized carbons (Fsp3) is 0.333. The van der Waals surface area contributed by atoms with Gasteiger partial charge in [0.05, 0.1) is 6.54 Å². The monoisotopic (exact) mass is 191 g/mol. The number of aromatic nitrogens is 4. The van der Waals surface area contributed by atoms with Crippen molar-refractivity contribution in [1.82, 2.24) is 19.3 Å². The summed E-state index contributed by atoms with van der Waals surface area (Å²) in [5.41, 5.74) is 0. The predicted octanol–water partition coefficient (Wildman–Crippen LogP) is 0.766. The second kappa shape index (κ2) is 3.53. The molecule has 0 saturated carbocycles. The first-order valence-corrected chi connectivity index (χ1v) is 4.45. The molecule has 0 atom stereocenters. The molecule has 0 spiro atoms. The van der Waals surface area contributed by atoms with Crippen molar-refractivity contribution in [3.8, 4) is 0 Å². The number of nitrogens with zero attached hydrogens (tertiary/aromatic N) is 4. The average molecular weight is 191 g/mol. The molecule has 0 bridgehead atoms. The molecule has 2 aromatic heterocycles. The number of anilines is 1. The minimum atomic E-state index is 0.695. The van der Waals surface area contributed by atoms with Crippen molar-refractivity contribution in [2.24, 2.45) is 14.1 Å². The molecule has 5 heteroatoms. The zero-order valence-electron chi connectivity index (χ0n) is 8.31. The molecule has 0 aromatic carbocycles. The summed E-state index contributed by atoms with van der Waals surface area (Å²) in [6.07, 6.45) is 5.62. The largest absolute Gasteiger partial charge is 0.361 e. The van der Waals surface area contributed by atoms with Gasteiger partial charge in [-0.15, -0.1) is 0 Å². The van der Waals surface area contributed by atoms with Crippen molar-refractivity contribution in [2.75, 3.05) is 5.32 Å². The van der Waals surface area contributed by atoms with E-state index in [0.29, 0.717) is 6.54 Å². The van der Waals surface area contributed by atoms with Gasteiger partial charge >= 0.3 is 0 Å². The lowest BCUT2D eigenvalue weighted by atomic mass is 10.5. The topological polar surface area (TPSA) is 47.7 Å². The molecule has 74 valence electrons. The Morgan fingerprint density at radius 2 is 2.21 bits per heavy atom. The van der Waals surface area contributed by atoms with Crippen molar-refractivity contribution in [3.63, 3.8) is 0 Å². The van der Waals surface area contributed by atoms with Crippen LogP contribution in [0.4, 0.5) is 5.82 Å². The highest BCUT2D eigenvalue weighted by atomic mass is 15.3. The van der Waals surface area contributed by atoms with Crippen LogP contribution in [0.5, 0.6) is 0 Å². The van der Waals surface area contributed by atoms with Crippen molar-refractivity contribution in [3.05, 3.63) is 30.5 Å². The average Bonchev–Trinajstić information content (AvgIpc) is 2.72. The third kappa shape index (κ3) is 1.76. The smallest absolute Gasteiger partial charge is 0.148 e. The fourth-order valence-corrected chi connectivity index (χ4v) is 1.25. The Balaban J connectivity index is 1.98. The van der Waals surface area contributed by atoms with Gasteiger partial charge in [-0.2, -0.15) is 5.10 Å². The molecule has 2 rings (SSSR count). The van der Waals surface area contributed by atoms with Gasteiger partial charge in [0.2, 0.25) is 0 Å². The standard InChI is InChI=1S/C9H13N5/c1-13-6-4-10-9(13)7-11-8-3-5-14(2)12-8/h3-6H,7H2,1-2H3,(H,11,12). The molecular formula is C9H13N5. The van der Waals surface area contributed by atoms with Gasteiger partial charge < -0.3 is 9.88 Å². The maximum atomic E-state index is 4.21. The molecule has 0 radical (unpaired) electrons. The molecule has 0 aliphatic carbocycles. The van der Waals surface area contributed by atoms with Crippen LogP contribution < -0.4 is 5.32 Å². The molecular weight excluding hydrogens is 178 g/mol. The van der Waals surface area contributed by atoms with E-state index in [0.717, 1.165) is 11.6 Å². The third-order valence-corrected chi connectivity index (χ3v) is 2.06. The van der Waals surface area contributed by atoms with Crippen LogP contribution in [-0.2, 0) is 20.6 Å². The highest BCUT2D eigenvalue weighted by Gasteiger charge is 1.99. The molecule has 2 heterocycles. The summed E-state index contributed by atoms with van der Waals surface area (Å²) in [5.74, 6) is 1.87. The Morgan fingerprint density at radius 3 is 2.79 bits per heavy atom. The summed E-state index contributed by atoms with van der Waals surface area (Å²) in [6.45, 7) is 0.695. The number of nitrogens with one attached hydrogen (secondary N) is 1. The summed E-state index contributed by atoms with van der Waals surface area (Å²) in [7, 11) is 3.87. The van der Waals surface area contributed by atoms with Crippen molar-refractivity contribution < 1.29 is 0 Å². The molecule has 0 unspecified atom stereocenters. The van der Waals surface area contributed by atoms with Crippen LogP contribution in [0, 0.1) is 0 Å². The van der Waals surface area contributed by atoms with Gasteiger partial charge in [0, 0.05) is 38.8 Å². The molecule has 0 amide bonds. The number of hydrogen-bond donors (Lipinski definition) is 1. The van der Waals surface area contributed by atoms with Crippen LogP contribution in [-0.4, -0.2) is 19.3 Å². The minimum Gasteiger partial charge on any atom is -0.361 e. The van der Waals surface area contributed by atoms with Crippen LogP contribution in [0.1, 0.15) is 5.82 Å². The summed E-state index contributed by atoms with van der Waals surface area (Å²) >= 11 is 0. The highest BCUT2D eigenvalue weighted by molar-refractivity contribution is 5.32. The van der Waals surface area contributed by atoms with E-state index in [9.17, 15) is 0 Å². The molecule has 2 aromatic rings. The van der Waals surface area contributed by atoms with Crippen LogP contribution in [0.15, 0.2) is 24.7 Å².